The summed E-state index contributed by atoms with van der Waals surface area (Å²) in [6.45, 7) is 5.31. The van der Waals surface area contributed by atoms with E-state index in [1.54, 1.807) is 13.0 Å². The summed E-state index contributed by atoms with van der Waals surface area (Å²) in [5.74, 6) is -1.76. The number of carboxylic acid groups (broad SMARTS) is 1. The van der Waals surface area contributed by atoms with E-state index in [0.29, 0.717) is 5.56 Å². The number of carboxylic acids is 1. The van der Waals surface area contributed by atoms with Crippen LogP contribution in [0.3, 0.4) is 0 Å². The molecule has 3 heteroatoms. The third-order valence-corrected chi connectivity index (χ3v) is 2.61. The molecular weight excluding hydrogens is 195 g/mol. The lowest BCUT2D eigenvalue weighted by atomic mass is 9.97. The summed E-state index contributed by atoms with van der Waals surface area (Å²) < 4.78 is 13.5. The third kappa shape index (κ3) is 2.78. The van der Waals surface area contributed by atoms with Crippen molar-refractivity contribution in [3.63, 3.8) is 0 Å². The molecule has 1 rings (SSSR count). The maximum Gasteiger partial charge on any atom is 0.306 e. The van der Waals surface area contributed by atoms with Crippen molar-refractivity contribution in [2.75, 3.05) is 0 Å². The fourth-order valence-electron chi connectivity index (χ4n) is 1.41. The Morgan fingerprint density at radius 2 is 1.93 bits per heavy atom. The minimum atomic E-state index is -0.896. The molecule has 1 unspecified atom stereocenters. The van der Waals surface area contributed by atoms with Gasteiger partial charge >= 0.3 is 5.97 Å². The van der Waals surface area contributed by atoms with Gasteiger partial charge in [0.05, 0.1) is 5.92 Å². The van der Waals surface area contributed by atoms with Gasteiger partial charge in [-0.1, -0.05) is 13.0 Å². The van der Waals surface area contributed by atoms with Crippen molar-refractivity contribution < 1.29 is 14.3 Å². The molecule has 0 radical (unpaired) electrons. The predicted molar refractivity (Wildman–Crippen MR) is 56.4 cm³/mol. The number of rotatable bonds is 3. The highest BCUT2D eigenvalue weighted by atomic mass is 19.1. The second-order valence-corrected chi connectivity index (χ2v) is 3.97. The number of hydrogen-bond acceptors (Lipinski definition) is 1. The summed E-state index contributed by atoms with van der Waals surface area (Å²) in [7, 11) is 0. The number of aliphatic carboxylic acids is 1. The lowest BCUT2D eigenvalue weighted by Crippen LogP contribution is -2.13. The van der Waals surface area contributed by atoms with Crippen molar-refractivity contribution in [1.82, 2.24) is 0 Å². The molecule has 0 amide bonds. The van der Waals surface area contributed by atoms with Crippen LogP contribution in [0.4, 0.5) is 4.39 Å². The zero-order valence-electron chi connectivity index (χ0n) is 9.17. The zero-order chi connectivity index (χ0) is 11.6. The van der Waals surface area contributed by atoms with E-state index >= 15 is 0 Å². The van der Waals surface area contributed by atoms with Gasteiger partial charge in [-0.25, -0.2) is 4.39 Å². The number of hydrogen-bond donors (Lipinski definition) is 1. The zero-order valence-corrected chi connectivity index (χ0v) is 9.17. The highest BCUT2D eigenvalue weighted by molar-refractivity contribution is 5.69. The summed E-state index contributed by atoms with van der Waals surface area (Å²) >= 11 is 0. The average Bonchev–Trinajstić information content (AvgIpc) is 2.13. The standard InChI is InChI=1S/C12H15FO2/c1-7-4-10(5-9(3)12(14)15)11(13)6-8(7)2/h4,6,9H,5H2,1-3H3,(H,14,15). The Balaban J connectivity index is 2.95. The summed E-state index contributed by atoms with van der Waals surface area (Å²) in [6.07, 6.45) is 0.238. The SMILES string of the molecule is Cc1cc(F)c(CC(C)C(=O)O)cc1C. The minimum absolute atomic E-state index is 0.238. The molecule has 15 heavy (non-hydrogen) atoms. The van der Waals surface area contributed by atoms with Crippen molar-refractivity contribution in [1.29, 1.82) is 0 Å². The topological polar surface area (TPSA) is 37.3 Å². The molecule has 0 saturated heterocycles. The molecule has 82 valence electrons. The fourth-order valence-corrected chi connectivity index (χ4v) is 1.41. The van der Waals surface area contributed by atoms with Gasteiger partial charge in [0.25, 0.3) is 0 Å². The highest BCUT2D eigenvalue weighted by Gasteiger charge is 2.14. The van der Waals surface area contributed by atoms with Crippen molar-refractivity contribution in [3.8, 4) is 0 Å². The van der Waals surface area contributed by atoms with Crippen LogP contribution >= 0.6 is 0 Å². The predicted octanol–water partition coefficient (Wildman–Crippen LogP) is 2.71. The quantitative estimate of drug-likeness (QED) is 0.832. The molecular formula is C12H15FO2. The van der Waals surface area contributed by atoms with Gasteiger partial charge in [0.15, 0.2) is 0 Å². The normalized spacial score (nSPS) is 12.5. The molecule has 0 aliphatic rings. The molecule has 1 aromatic carbocycles. The minimum Gasteiger partial charge on any atom is -0.481 e. The van der Waals surface area contributed by atoms with Gasteiger partial charge in [-0.05, 0) is 43.0 Å². The molecule has 0 spiro atoms. The van der Waals surface area contributed by atoms with E-state index in [9.17, 15) is 9.18 Å². The summed E-state index contributed by atoms with van der Waals surface area (Å²) in [4.78, 5) is 10.6. The maximum absolute atomic E-state index is 13.5. The first-order valence-corrected chi connectivity index (χ1v) is 4.90. The second-order valence-electron chi connectivity index (χ2n) is 3.97. The molecule has 0 aliphatic carbocycles. The van der Waals surface area contributed by atoms with Crippen LogP contribution in [0.15, 0.2) is 12.1 Å². The third-order valence-electron chi connectivity index (χ3n) is 2.61. The van der Waals surface area contributed by atoms with Crippen molar-refractivity contribution in [3.05, 3.63) is 34.6 Å². The highest BCUT2D eigenvalue weighted by Crippen LogP contribution is 2.18. The van der Waals surface area contributed by atoms with Gasteiger partial charge in [0.2, 0.25) is 0 Å². The van der Waals surface area contributed by atoms with Crippen LogP contribution < -0.4 is 0 Å². The molecule has 1 atom stereocenters. The van der Waals surface area contributed by atoms with Crippen LogP contribution in [0, 0.1) is 25.6 Å². The van der Waals surface area contributed by atoms with Crippen LogP contribution in [0.1, 0.15) is 23.6 Å². The molecule has 0 fully saturated rings. The fraction of sp³-hybridized carbons (Fsp3) is 0.417. The van der Waals surface area contributed by atoms with Gasteiger partial charge in [-0.15, -0.1) is 0 Å². The largest absolute Gasteiger partial charge is 0.481 e. The van der Waals surface area contributed by atoms with Crippen molar-refractivity contribution in [2.24, 2.45) is 5.92 Å². The van der Waals surface area contributed by atoms with Crippen LogP contribution in [-0.2, 0) is 11.2 Å². The molecule has 1 N–H and O–H groups in total. The Morgan fingerprint density at radius 3 is 2.47 bits per heavy atom. The summed E-state index contributed by atoms with van der Waals surface area (Å²) in [5.41, 5.74) is 2.36. The Kier molecular flexibility index (Phi) is 3.45. The van der Waals surface area contributed by atoms with Crippen LogP contribution in [-0.4, -0.2) is 11.1 Å². The average molecular weight is 210 g/mol. The van der Waals surface area contributed by atoms with E-state index in [2.05, 4.69) is 0 Å². The monoisotopic (exact) mass is 210 g/mol. The molecule has 2 nitrogen and oxygen atoms in total. The first kappa shape index (κ1) is 11.7. The Hall–Kier alpha value is -1.38. The van der Waals surface area contributed by atoms with Gasteiger partial charge < -0.3 is 5.11 Å². The second kappa shape index (κ2) is 4.43. The van der Waals surface area contributed by atoms with Gasteiger partial charge in [-0.3, -0.25) is 4.79 Å². The number of benzene rings is 1. The van der Waals surface area contributed by atoms with Gasteiger partial charge in [0, 0.05) is 0 Å². The molecule has 0 bridgehead atoms. The Labute approximate surface area is 88.7 Å². The smallest absolute Gasteiger partial charge is 0.306 e. The summed E-state index contributed by atoms with van der Waals surface area (Å²) in [5, 5.41) is 8.74. The van der Waals surface area contributed by atoms with E-state index in [4.69, 9.17) is 5.11 Å². The molecule has 0 saturated carbocycles. The molecule has 0 heterocycles. The van der Waals surface area contributed by atoms with Crippen LogP contribution in [0.2, 0.25) is 0 Å². The van der Waals surface area contributed by atoms with Gasteiger partial charge in [-0.2, -0.15) is 0 Å². The van der Waals surface area contributed by atoms with Gasteiger partial charge in [0.1, 0.15) is 5.82 Å². The first-order chi connectivity index (χ1) is 6.91. The van der Waals surface area contributed by atoms with E-state index in [1.807, 2.05) is 13.8 Å². The molecule has 1 aromatic rings. The van der Waals surface area contributed by atoms with E-state index in [1.165, 1.54) is 6.07 Å². The first-order valence-electron chi connectivity index (χ1n) is 4.90. The van der Waals surface area contributed by atoms with Crippen LogP contribution in [0.5, 0.6) is 0 Å². The Bertz CT molecular complexity index is 385. The lowest BCUT2D eigenvalue weighted by molar-refractivity contribution is -0.141. The van der Waals surface area contributed by atoms with Crippen molar-refractivity contribution in [2.45, 2.75) is 27.2 Å². The van der Waals surface area contributed by atoms with E-state index in [-0.39, 0.29) is 12.2 Å². The van der Waals surface area contributed by atoms with E-state index < -0.39 is 11.9 Å². The maximum atomic E-state index is 13.5. The number of halogens is 1. The lowest BCUT2D eigenvalue weighted by Gasteiger charge is -2.09. The molecule has 0 aliphatic heterocycles. The van der Waals surface area contributed by atoms with Crippen LogP contribution in [0.25, 0.3) is 0 Å². The summed E-state index contributed by atoms with van der Waals surface area (Å²) in [6, 6.07) is 3.18. The van der Waals surface area contributed by atoms with E-state index in [0.717, 1.165) is 11.1 Å². The Morgan fingerprint density at radius 1 is 1.40 bits per heavy atom. The van der Waals surface area contributed by atoms with Crippen molar-refractivity contribution >= 4 is 5.97 Å². The molecule has 0 aromatic heterocycles. The number of aryl methyl sites for hydroxylation is 2. The number of carbonyl (C=O) groups is 1.